The summed E-state index contributed by atoms with van der Waals surface area (Å²) in [7, 11) is 0. The Morgan fingerprint density at radius 2 is 2.56 bits per heavy atom. The van der Waals surface area contributed by atoms with Gasteiger partial charge in [0.2, 0.25) is 0 Å². The number of hydrogen-bond donors (Lipinski definition) is 1. The van der Waals surface area contributed by atoms with E-state index in [1.165, 1.54) is 5.57 Å². The number of hydrazone groups is 1. The zero-order chi connectivity index (χ0) is 6.69. The van der Waals surface area contributed by atoms with E-state index in [0.29, 0.717) is 0 Å². The number of hydrogen-bond acceptors (Lipinski definition) is 2. The van der Waals surface area contributed by atoms with Crippen molar-refractivity contribution < 1.29 is 0 Å². The van der Waals surface area contributed by atoms with Crippen LogP contribution in [-0.2, 0) is 0 Å². The van der Waals surface area contributed by atoms with Crippen LogP contribution in [0.5, 0.6) is 0 Å². The average molecular weight is 122 g/mol. The fourth-order valence-corrected chi connectivity index (χ4v) is 0.798. The van der Waals surface area contributed by atoms with E-state index in [1.54, 1.807) is 0 Å². The molecule has 2 N–H and O–H groups in total. The Morgan fingerprint density at radius 1 is 1.78 bits per heavy atom. The zero-order valence-corrected chi connectivity index (χ0v) is 5.46. The highest BCUT2D eigenvalue weighted by molar-refractivity contribution is 5.99. The third-order valence-electron chi connectivity index (χ3n) is 1.43. The highest BCUT2D eigenvalue weighted by Crippen LogP contribution is 2.10. The Bertz CT molecular complexity index is 187. The van der Waals surface area contributed by atoms with E-state index in [9.17, 15) is 0 Å². The first-order valence-electron chi connectivity index (χ1n) is 2.95. The van der Waals surface area contributed by atoms with Crippen LogP contribution in [0.4, 0.5) is 0 Å². The maximum atomic E-state index is 5.07. The molecule has 9 heavy (non-hydrogen) atoms. The van der Waals surface area contributed by atoms with E-state index in [0.717, 1.165) is 12.1 Å². The smallest absolute Gasteiger partial charge is 0.0604 e. The van der Waals surface area contributed by atoms with Crippen molar-refractivity contribution in [1.29, 1.82) is 0 Å². The molecule has 0 aromatic carbocycles. The Hall–Kier alpha value is -1.05. The summed E-state index contributed by atoms with van der Waals surface area (Å²) in [6, 6.07) is 0. The van der Waals surface area contributed by atoms with Crippen molar-refractivity contribution in [3.8, 4) is 0 Å². The van der Waals surface area contributed by atoms with Crippen LogP contribution >= 0.6 is 0 Å². The lowest BCUT2D eigenvalue weighted by Gasteiger charge is -1.95. The standard InChI is InChI=1S/C7H10N2/c1-6(9-8)7-4-2-3-5-7/h2-4H,5,8H2,1H3/b9-6+. The van der Waals surface area contributed by atoms with Crippen molar-refractivity contribution in [3.63, 3.8) is 0 Å². The van der Waals surface area contributed by atoms with Crippen LogP contribution in [0.25, 0.3) is 0 Å². The van der Waals surface area contributed by atoms with Crippen molar-refractivity contribution in [3.05, 3.63) is 23.8 Å². The van der Waals surface area contributed by atoms with Gasteiger partial charge in [-0.15, -0.1) is 0 Å². The summed E-state index contributed by atoms with van der Waals surface area (Å²) >= 11 is 0. The van der Waals surface area contributed by atoms with Gasteiger partial charge in [-0.3, -0.25) is 0 Å². The monoisotopic (exact) mass is 122 g/mol. The molecule has 1 aliphatic carbocycles. The molecule has 2 heteroatoms. The number of rotatable bonds is 1. The maximum Gasteiger partial charge on any atom is 0.0604 e. The van der Waals surface area contributed by atoms with Crippen LogP contribution in [0.2, 0.25) is 0 Å². The van der Waals surface area contributed by atoms with E-state index in [2.05, 4.69) is 11.2 Å². The fourth-order valence-electron chi connectivity index (χ4n) is 0.798. The second-order valence-electron chi connectivity index (χ2n) is 2.04. The lowest BCUT2D eigenvalue weighted by atomic mass is 10.1. The molecule has 0 spiro atoms. The van der Waals surface area contributed by atoms with Gasteiger partial charge in [-0.2, -0.15) is 5.10 Å². The molecule has 1 rings (SSSR count). The van der Waals surface area contributed by atoms with Crippen molar-refractivity contribution in [2.75, 3.05) is 0 Å². The SMILES string of the molecule is C/C(=N\N)C1=CC=CC1. The molecule has 0 aromatic heterocycles. The van der Waals surface area contributed by atoms with Crippen LogP contribution < -0.4 is 5.84 Å². The molecule has 0 aromatic rings. The predicted molar refractivity (Wildman–Crippen MR) is 39.1 cm³/mol. The van der Waals surface area contributed by atoms with Gasteiger partial charge in [-0.1, -0.05) is 18.2 Å². The molecule has 0 unspecified atom stereocenters. The molecule has 0 atom stereocenters. The van der Waals surface area contributed by atoms with Gasteiger partial charge in [0, 0.05) is 0 Å². The highest BCUT2D eigenvalue weighted by Gasteiger charge is 2.00. The summed E-state index contributed by atoms with van der Waals surface area (Å²) in [5, 5.41) is 3.58. The number of nitrogens with zero attached hydrogens (tertiary/aromatic N) is 1. The van der Waals surface area contributed by atoms with E-state index in [4.69, 9.17) is 5.84 Å². The molecular formula is C7H10N2. The molecule has 0 saturated carbocycles. The van der Waals surface area contributed by atoms with E-state index in [1.807, 2.05) is 19.1 Å². The molecule has 1 aliphatic rings. The molecule has 0 heterocycles. The molecule has 0 saturated heterocycles. The Balaban J connectivity index is 2.66. The summed E-state index contributed by atoms with van der Waals surface area (Å²) in [5.41, 5.74) is 2.15. The van der Waals surface area contributed by atoms with E-state index >= 15 is 0 Å². The van der Waals surface area contributed by atoms with Gasteiger partial charge in [0.25, 0.3) is 0 Å². The Kier molecular flexibility index (Phi) is 1.68. The molecule has 0 fully saturated rings. The van der Waals surface area contributed by atoms with Crippen LogP contribution in [0, 0.1) is 0 Å². The maximum absolute atomic E-state index is 5.07. The minimum atomic E-state index is 0.931. The van der Waals surface area contributed by atoms with Gasteiger partial charge in [0.1, 0.15) is 0 Å². The lowest BCUT2D eigenvalue weighted by Crippen LogP contribution is -1.98. The summed E-state index contributed by atoms with van der Waals surface area (Å²) in [6.45, 7) is 1.92. The van der Waals surface area contributed by atoms with Crippen molar-refractivity contribution in [2.45, 2.75) is 13.3 Å². The molecule has 0 bridgehead atoms. The highest BCUT2D eigenvalue weighted by atomic mass is 15.1. The van der Waals surface area contributed by atoms with Gasteiger partial charge in [0.05, 0.1) is 5.71 Å². The molecule has 48 valence electrons. The second kappa shape index (κ2) is 2.49. The number of allylic oxidation sites excluding steroid dienone is 4. The first kappa shape index (κ1) is 6.08. The summed E-state index contributed by atoms with van der Waals surface area (Å²) in [5.74, 6) is 5.07. The quantitative estimate of drug-likeness (QED) is 0.317. The molecular weight excluding hydrogens is 112 g/mol. The zero-order valence-electron chi connectivity index (χ0n) is 5.46. The molecule has 2 nitrogen and oxygen atoms in total. The van der Waals surface area contributed by atoms with Crippen LogP contribution in [-0.4, -0.2) is 5.71 Å². The Labute approximate surface area is 54.7 Å². The predicted octanol–water partition coefficient (Wildman–Crippen LogP) is 1.21. The van der Waals surface area contributed by atoms with Gasteiger partial charge in [-0.25, -0.2) is 0 Å². The molecule has 0 radical (unpaired) electrons. The van der Waals surface area contributed by atoms with Crippen molar-refractivity contribution >= 4 is 5.71 Å². The minimum absolute atomic E-state index is 0.931. The largest absolute Gasteiger partial charge is 0.323 e. The summed E-state index contributed by atoms with van der Waals surface area (Å²) < 4.78 is 0. The van der Waals surface area contributed by atoms with E-state index in [-0.39, 0.29) is 0 Å². The van der Waals surface area contributed by atoms with Gasteiger partial charge in [0.15, 0.2) is 0 Å². The fraction of sp³-hybridized carbons (Fsp3) is 0.286. The topological polar surface area (TPSA) is 38.4 Å². The average Bonchev–Trinajstić information content (AvgIpc) is 2.37. The van der Waals surface area contributed by atoms with Gasteiger partial charge < -0.3 is 5.84 Å². The summed E-state index contributed by atoms with van der Waals surface area (Å²) in [6.07, 6.45) is 7.12. The second-order valence-corrected chi connectivity index (χ2v) is 2.04. The normalized spacial score (nSPS) is 18.3. The van der Waals surface area contributed by atoms with Crippen LogP contribution in [0.3, 0.4) is 0 Å². The van der Waals surface area contributed by atoms with Crippen LogP contribution in [0.15, 0.2) is 28.9 Å². The summed E-state index contributed by atoms with van der Waals surface area (Å²) in [4.78, 5) is 0. The van der Waals surface area contributed by atoms with Gasteiger partial charge >= 0.3 is 0 Å². The van der Waals surface area contributed by atoms with Gasteiger partial charge in [-0.05, 0) is 18.9 Å². The number of nitrogens with two attached hydrogens (primary N) is 1. The van der Waals surface area contributed by atoms with Crippen molar-refractivity contribution in [2.24, 2.45) is 10.9 Å². The molecule has 0 aliphatic heterocycles. The minimum Gasteiger partial charge on any atom is -0.323 e. The third kappa shape index (κ3) is 1.19. The lowest BCUT2D eigenvalue weighted by molar-refractivity contribution is 1.21. The van der Waals surface area contributed by atoms with E-state index < -0.39 is 0 Å². The Morgan fingerprint density at radius 3 is 3.00 bits per heavy atom. The third-order valence-corrected chi connectivity index (χ3v) is 1.43. The van der Waals surface area contributed by atoms with Crippen molar-refractivity contribution in [1.82, 2.24) is 0 Å². The first-order chi connectivity index (χ1) is 4.34. The van der Waals surface area contributed by atoms with Crippen LogP contribution in [0.1, 0.15) is 13.3 Å². The molecule has 0 amide bonds. The first-order valence-corrected chi connectivity index (χ1v) is 2.95.